The Morgan fingerprint density at radius 3 is 1.22 bits per heavy atom. The molecular formula is C53H90O6. The Morgan fingerprint density at radius 1 is 0.373 bits per heavy atom. The average Bonchev–Trinajstić information content (AvgIpc) is 3.23. The molecule has 0 spiro atoms. The lowest BCUT2D eigenvalue weighted by molar-refractivity contribution is -0.167. The standard InChI is InChI=1S/C53H90O6/c1-4-7-10-13-16-19-22-25-28-31-34-37-40-43-46-52(55)58-49-50(48-57-51(54)45-42-39-36-33-30-27-24-21-18-15-12-9-6-3)59-53(56)47-44-41-38-35-32-29-26-23-20-17-14-11-8-5-2/h7,9-10,12,15-16,18-19,21,24-25,28,50H,4-6,8,11,13-14,17,20,22-23,26-27,29-49H2,1-3H3/b10-7-,12-9-,18-15-,19-16-,24-21-,28-25-. The van der Waals surface area contributed by atoms with E-state index in [0.717, 1.165) is 116 Å². The van der Waals surface area contributed by atoms with E-state index in [-0.39, 0.29) is 31.1 Å². The molecule has 0 amide bonds. The number of allylic oxidation sites excluding steroid dienone is 12. The van der Waals surface area contributed by atoms with Crippen LogP contribution in [0.4, 0.5) is 0 Å². The van der Waals surface area contributed by atoms with Gasteiger partial charge >= 0.3 is 17.9 Å². The molecular weight excluding hydrogens is 733 g/mol. The molecule has 6 nitrogen and oxygen atoms in total. The second-order valence-corrected chi connectivity index (χ2v) is 16.0. The summed E-state index contributed by atoms with van der Waals surface area (Å²) in [6, 6.07) is 0. The summed E-state index contributed by atoms with van der Waals surface area (Å²) < 4.78 is 16.7. The predicted molar refractivity (Wildman–Crippen MR) is 251 cm³/mol. The van der Waals surface area contributed by atoms with Crippen LogP contribution in [0, 0.1) is 0 Å². The van der Waals surface area contributed by atoms with Gasteiger partial charge in [-0.25, -0.2) is 0 Å². The van der Waals surface area contributed by atoms with E-state index in [1.54, 1.807) is 0 Å². The Labute approximate surface area is 363 Å². The molecule has 0 fully saturated rings. The summed E-state index contributed by atoms with van der Waals surface area (Å²) in [6.45, 7) is 6.35. The van der Waals surface area contributed by atoms with Crippen LogP contribution < -0.4 is 0 Å². The molecule has 0 saturated heterocycles. The summed E-state index contributed by atoms with van der Waals surface area (Å²) in [5.41, 5.74) is 0. The maximum atomic E-state index is 12.8. The van der Waals surface area contributed by atoms with Crippen LogP contribution in [0.3, 0.4) is 0 Å². The lowest BCUT2D eigenvalue weighted by Crippen LogP contribution is -2.30. The first-order valence-corrected chi connectivity index (χ1v) is 24.5. The Balaban J connectivity index is 4.44. The third kappa shape index (κ3) is 45.8. The quantitative estimate of drug-likeness (QED) is 0.0200. The van der Waals surface area contributed by atoms with Crippen LogP contribution in [-0.2, 0) is 28.6 Å². The van der Waals surface area contributed by atoms with Gasteiger partial charge in [0.05, 0.1) is 0 Å². The molecule has 0 aromatic carbocycles. The van der Waals surface area contributed by atoms with E-state index >= 15 is 0 Å². The lowest BCUT2D eigenvalue weighted by Gasteiger charge is -2.18. The van der Waals surface area contributed by atoms with Crippen LogP contribution in [0.15, 0.2) is 72.9 Å². The zero-order chi connectivity index (χ0) is 43.0. The predicted octanol–water partition coefficient (Wildman–Crippen LogP) is 15.9. The van der Waals surface area contributed by atoms with Crippen LogP contribution in [0.5, 0.6) is 0 Å². The van der Waals surface area contributed by atoms with Gasteiger partial charge in [0.1, 0.15) is 13.2 Å². The van der Waals surface area contributed by atoms with E-state index in [0.29, 0.717) is 19.3 Å². The lowest BCUT2D eigenvalue weighted by atomic mass is 10.0. The van der Waals surface area contributed by atoms with Crippen molar-refractivity contribution in [3.63, 3.8) is 0 Å². The van der Waals surface area contributed by atoms with E-state index in [2.05, 4.69) is 93.7 Å². The smallest absolute Gasteiger partial charge is 0.306 e. The summed E-state index contributed by atoms with van der Waals surface area (Å²) in [6.07, 6.45) is 58.8. The van der Waals surface area contributed by atoms with Crippen molar-refractivity contribution in [2.75, 3.05) is 13.2 Å². The van der Waals surface area contributed by atoms with Gasteiger partial charge in [-0.1, -0.05) is 209 Å². The van der Waals surface area contributed by atoms with Gasteiger partial charge < -0.3 is 14.2 Å². The molecule has 0 bridgehead atoms. The fraction of sp³-hybridized carbons (Fsp3) is 0.717. The Morgan fingerprint density at radius 2 is 0.746 bits per heavy atom. The molecule has 0 aliphatic heterocycles. The van der Waals surface area contributed by atoms with Crippen molar-refractivity contribution < 1.29 is 28.6 Å². The Bertz CT molecular complexity index is 1130. The van der Waals surface area contributed by atoms with Gasteiger partial charge in [0, 0.05) is 19.3 Å². The van der Waals surface area contributed by atoms with Gasteiger partial charge in [-0.2, -0.15) is 0 Å². The van der Waals surface area contributed by atoms with Crippen molar-refractivity contribution in [1.29, 1.82) is 0 Å². The van der Waals surface area contributed by atoms with E-state index in [1.165, 1.54) is 70.6 Å². The molecule has 59 heavy (non-hydrogen) atoms. The number of ether oxygens (including phenoxy) is 3. The van der Waals surface area contributed by atoms with Gasteiger partial charge in [-0.15, -0.1) is 0 Å². The molecule has 0 N–H and O–H groups in total. The molecule has 0 aromatic rings. The summed E-state index contributed by atoms with van der Waals surface area (Å²) in [7, 11) is 0. The van der Waals surface area contributed by atoms with Crippen molar-refractivity contribution in [2.24, 2.45) is 0 Å². The maximum Gasteiger partial charge on any atom is 0.306 e. The highest BCUT2D eigenvalue weighted by Gasteiger charge is 2.19. The number of hydrogen-bond donors (Lipinski definition) is 0. The molecule has 0 aliphatic rings. The molecule has 0 rings (SSSR count). The number of hydrogen-bond acceptors (Lipinski definition) is 6. The highest BCUT2D eigenvalue weighted by atomic mass is 16.6. The second kappa shape index (κ2) is 47.5. The number of unbranched alkanes of at least 4 members (excludes halogenated alkanes) is 22. The third-order valence-electron chi connectivity index (χ3n) is 10.3. The highest BCUT2D eigenvalue weighted by Crippen LogP contribution is 2.15. The van der Waals surface area contributed by atoms with Crippen molar-refractivity contribution in [3.8, 4) is 0 Å². The van der Waals surface area contributed by atoms with Gasteiger partial charge in [-0.3, -0.25) is 14.4 Å². The first-order valence-electron chi connectivity index (χ1n) is 24.5. The van der Waals surface area contributed by atoms with Crippen molar-refractivity contribution in [1.82, 2.24) is 0 Å². The third-order valence-corrected chi connectivity index (χ3v) is 10.3. The van der Waals surface area contributed by atoms with Gasteiger partial charge in [0.2, 0.25) is 0 Å². The largest absolute Gasteiger partial charge is 0.462 e. The van der Waals surface area contributed by atoms with Crippen molar-refractivity contribution in [3.05, 3.63) is 72.9 Å². The monoisotopic (exact) mass is 823 g/mol. The zero-order valence-electron chi connectivity index (χ0n) is 38.5. The number of carbonyl (C=O) groups is 3. The zero-order valence-corrected chi connectivity index (χ0v) is 38.5. The molecule has 1 unspecified atom stereocenters. The molecule has 0 aromatic heterocycles. The number of rotatable bonds is 43. The minimum Gasteiger partial charge on any atom is -0.462 e. The fourth-order valence-electron chi connectivity index (χ4n) is 6.63. The number of esters is 3. The molecule has 0 aliphatic carbocycles. The van der Waals surface area contributed by atoms with Crippen molar-refractivity contribution in [2.45, 2.75) is 232 Å². The maximum absolute atomic E-state index is 12.8. The first kappa shape index (κ1) is 55.9. The summed E-state index contributed by atoms with van der Waals surface area (Å²) in [5, 5.41) is 0. The molecule has 1 atom stereocenters. The minimum atomic E-state index is -0.790. The summed E-state index contributed by atoms with van der Waals surface area (Å²) in [5.74, 6) is -0.933. The number of carbonyl (C=O) groups excluding carboxylic acids is 3. The molecule has 0 saturated carbocycles. The Hall–Kier alpha value is -3.15. The molecule has 0 radical (unpaired) electrons. The SMILES string of the molecule is CC\C=C/C=C\C=C/CCCCCCCC(=O)OCC(COC(=O)CCCCCC/C=C\C/C=C\C/C=C\CC)OC(=O)CCCCCCCCCCCCCCCC. The summed E-state index contributed by atoms with van der Waals surface area (Å²) in [4.78, 5) is 37.9. The van der Waals surface area contributed by atoms with Crippen LogP contribution in [-0.4, -0.2) is 37.2 Å². The van der Waals surface area contributed by atoms with Crippen LogP contribution in [0.25, 0.3) is 0 Å². The molecule has 338 valence electrons. The van der Waals surface area contributed by atoms with Crippen LogP contribution >= 0.6 is 0 Å². The van der Waals surface area contributed by atoms with Gasteiger partial charge in [0.15, 0.2) is 6.10 Å². The Kier molecular flexibility index (Phi) is 45.0. The molecule has 0 heterocycles. The first-order chi connectivity index (χ1) is 29.0. The molecule has 6 heteroatoms. The van der Waals surface area contributed by atoms with Crippen LogP contribution in [0.2, 0.25) is 0 Å². The van der Waals surface area contributed by atoms with E-state index in [1.807, 2.05) is 0 Å². The summed E-state index contributed by atoms with van der Waals surface area (Å²) >= 11 is 0. The normalized spacial score (nSPS) is 12.7. The van der Waals surface area contributed by atoms with E-state index < -0.39 is 6.10 Å². The second-order valence-electron chi connectivity index (χ2n) is 16.0. The van der Waals surface area contributed by atoms with E-state index in [4.69, 9.17) is 14.2 Å². The van der Waals surface area contributed by atoms with E-state index in [9.17, 15) is 14.4 Å². The van der Waals surface area contributed by atoms with Crippen molar-refractivity contribution >= 4 is 17.9 Å². The topological polar surface area (TPSA) is 78.9 Å². The van der Waals surface area contributed by atoms with Gasteiger partial charge in [-0.05, 0) is 70.6 Å². The van der Waals surface area contributed by atoms with Crippen LogP contribution in [0.1, 0.15) is 226 Å². The highest BCUT2D eigenvalue weighted by molar-refractivity contribution is 5.71. The van der Waals surface area contributed by atoms with Gasteiger partial charge in [0.25, 0.3) is 0 Å². The fourth-order valence-corrected chi connectivity index (χ4v) is 6.63. The minimum absolute atomic E-state index is 0.0924. The average molecular weight is 823 g/mol.